The van der Waals surface area contributed by atoms with Crippen molar-refractivity contribution in [3.63, 3.8) is 0 Å². The van der Waals surface area contributed by atoms with Crippen LogP contribution in [0, 0.1) is 0 Å². The number of rotatable bonds is 8. The first-order valence-electron chi connectivity index (χ1n) is 10.3. The Balaban J connectivity index is 1.74. The fourth-order valence-electron chi connectivity index (χ4n) is 3.60. The normalized spacial score (nSPS) is 14.8. The molecule has 0 radical (unpaired) electrons. The molecule has 2 amide bonds. The van der Waals surface area contributed by atoms with Gasteiger partial charge in [0, 0.05) is 22.6 Å². The Labute approximate surface area is 197 Å². The third-order valence-corrected chi connectivity index (χ3v) is 6.31. The minimum Gasteiger partial charge on any atom is -0.482 e. The molecular formula is C23H25Cl3N2O3. The van der Waals surface area contributed by atoms with Gasteiger partial charge in [-0.25, -0.2) is 0 Å². The molecule has 1 N–H and O–H groups in total. The molecule has 1 aliphatic rings. The molecule has 0 aliphatic heterocycles. The summed E-state index contributed by atoms with van der Waals surface area (Å²) in [6.45, 7) is 1.64. The van der Waals surface area contributed by atoms with Crippen molar-refractivity contribution in [2.45, 2.75) is 51.2 Å². The molecule has 166 valence electrons. The van der Waals surface area contributed by atoms with E-state index >= 15 is 0 Å². The Kier molecular flexibility index (Phi) is 8.47. The SMILES string of the molecule is C[C@H](C(=O)NC1CCCC1)N(Cc1ccccc1Cl)C(=O)COc1ccc(Cl)cc1Cl. The molecule has 0 saturated heterocycles. The van der Waals surface area contributed by atoms with Crippen LogP contribution in [-0.2, 0) is 16.1 Å². The summed E-state index contributed by atoms with van der Waals surface area (Å²) in [6.07, 6.45) is 4.15. The van der Waals surface area contributed by atoms with Crippen molar-refractivity contribution in [3.05, 3.63) is 63.1 Å². The van der Waals surface area contributed by atoms with E-state index in [0.29, 0.717) is 20.8 Å². The summed E-state index contributed by atoms with van der Waals surface area (Å²) in [7, 11) is 0. The summed E-state index contributed by atoms with van der Waals surface area (Å²) in [5.74, 6) is -0.183. The quantitative estimate of drug-likeness (QED) is 0.539. The summed E-state index contributed by atoms with van der Waals surface area (Å²) in [5, 5.41) is 4.38. The van der Waals surface area contributed by atoms with E-state index in [2.05, 4.69) is 5.32 Å². The molecule has 3 rings (SSSR count). The Morgan fingerprint density at radius 3 is 2.48 bits per heavy atom. The number of hydrogen-bond donors (Lipinski definition) is 1. The number of carbonyl (C=O) groups is 2. The van der Waals surface area contributed by atoms with Crippen molar-refractivity contribution >= 4 is 46.6 Å². The van der Waals surface area contributed by atoms with Gasteiger partial charge in [-0.2, -0.15) is 0 Å². The van der Waals surface area contributed by atoms with Crippen LogP contribution in [0.5, 0.6) is 5.75 Å². The van der Waals surface area contributed by atoms with E-state index in [-0.39, 0.29) is 31.0 Å². The van der Waals surface area contributed by atoms with Crippen molar-refractivity contribution < 1.29 is 14.3 Å². The zero-order valence-electron chi connectivity index (χ0n) is 17.2. The largest absolute Gasteiger partial charge is 0.482 e. The molecule has 0 heterocycles. The van der Waals surface area contributed by atoms with Crippen molar-refractivity contribution in [1.29, 1.82) is 0 Å². The summed E-state index contributed by atoms with van der Waals surface area (Å²) in [6, 6.07) is 11.5. The monoisotopic (exact) mass is 482 g/mol. The van der Waals surface area contributed by atoms with Crippen LogP contribution in [0.1, 0.15) is 38.2 Å². The third kappa shape index (κ3) is 6.52. The Bertz CT molecular complexity index is 932. The summed E-state index contributed by atoms with van der Waals surface area (Å²) in [5.41, 5.74) is 0.752. The van der Waals surface area contributed by atoms with Gasteiger partial charge in [-0.15, -0.1) is 0 Å². The van der Waals surface area contributed by atoms with Gasteiger partial charge in [0.05, 0.1) is 5.02 Å². The topological polar surface area (TPSA) is 58.6 Å². The number of ether oxygens (including phenoxy) is 1. The third-order valence-electron chi connectivity index (χ3n) is 5.41. The van der Waals surface area contributed by atoms with Crippen LogP contribution >= 0.6 is 34.8 Å². The van der Waals surface area contributed by atoms with Gasteiger partial charge < -0.3 is 15.0 Å². The second-order valence-electron chi connectivity index (χ2n) is 7.64. The standard InChI is InChI=1S/C23H25Cl3N2O3/c1-15(23(30)27-18-7-3-4-8-18)28(13-16-6-2-5-9-19(16)25)22(29)14-31-21-11-10-17(24)12-20(21)26/h2,5-6,9-12,15,18H,3-4,7-8,13-14H2,1H3,(H,27,30)/t15-/m1/s1. The van der Waals surface area contributed by atoms with Crippen LogP contribution in [0.25, 0.3) is 0 Å². The van der Waals surface area contributed by atoms with Crippen molar-refractivity contribution in [1.82, 2.24) is 10.2 Å². The van der Waals surface area contributed by atoms with Crippen LogP contribution in [0.15, 0.2) is 42.5 Å². The fourth-order valence-corrected chi connectivity index (χ4v) is 4.26. The van der Waals surface area contributed by atoms with Gasteiger partial charge in [-0.1, -0.05) is 65.8 Å². The molecule has 1 saturated carbocycles. The minimum absolute atomic E-state index is 0.163. The van der Waals surface area contributed by atoms with Crippen molar-refractivity contribution in [2.75, 3.05) is 6.61 Å². The van der Waals surface area contributed by atoms with E-state index in [9.17, 15) is 9.59 Å². The Hall–Kier alpha value is -1.95. The molecule has 2 aromatic rings. The van der Waals surface area contributed by atoms with Gasteiger partial charge in [0.2, 0.25) is 5.91 Å². The molecule has 0 bridgehead atoms. The first-order valence-corrected chi connectivity index (χ1v) is 11.4. The lowest BCUT2D eigenvalue weighted by atomic mass is 10.1. The summed E-state index contributed by atoms with van der Waals surface area (Å²) >= 11 is 18.3. The van der Waals surface area contributed by atoms with Gasteiger partial charge in [0.25, 0.3) is 5.91 Å². The molecule has 8 heteroatoms. The Morgan fingerprint density at radius 1 is 1.10 bits per heavy atom. The molecule has 0 unspecified atom stereocenters. The number of nitrogens with one attached hydrogen (secondary N) is 1. The highest BCUT2D eigenvalue weighted by Gasteiger charge is 2.29. The molecule has 0 aromatic heterocycles. The zero-order chi connectivity index (χ0) is 22.4. The van der Waals surface area contributed by atoms with Gasteiger partial charge in [0.1, 0.15) is 11.8 Å². The van der Waals surface area contributed by atoms with E-state index < -0.39 is 6.04 Å². The van der Waals surface area contributed by atoms with E-state index in [4.69, 9.17) is 39.5 Å². The number of hydrogen-bond acceptors (Lipinski definition) is 3. The van der Waals surface area contributed by atoms with E-state index in [1.807, 2.05) is 18.2 Å². The highest BCUT2D eigenvalue weighted by molar-refractivity contribution is 6.35. The average molecular weight is 484 g/mol. The summed E-state index contributed by atoms with van der Waals surface area (Å²) in [4.78, 5) is 27.5. The van der Waals surface area contributed by atoms with E-state index in [0.717, 1.165) is 31.2 Å². The van der Waals surface area contributed by atoms with Crippen molar-refractivity contribution in [3.8, 4) is 5.75 Å². The molecule has 2 aromatic carbocycles. The zero-order valence-corrected chi connectivity index (χ0v) is 19.5. The molecule has 0 spiro atoms. The number of halogens is 3. The van der Waals surface area contributed by atoms with Crippen LogP contribution in [0.2, 0.25) is 15.1 Å². The molecule has 31 heavy (non-hydrogen) atoms. The highest BCUT2D eigenvalue weighted by Crippen LogP contribution is 2.28. The predicted octanol–water partition coefficient (Wildman–Crippen LogP) is 5.50. The minimum atomic E-state index is -0.686. The molecule has 1 atom stereocenters. The second-order valence-corrected chi connectivity index (χ2v) is 8.89. The van der Waals surface area contributed by atoms with Crippen molar-refractivity contribution in [2.24, 2.45) is 0 Å². The van der Waals surface area contributed by atoms with Gasteiger partial charge >= 0.3 is 0 Å². The summed E-state index contributed by atoms with van der Waals surface area (Å²) < 4.78 is 5.62. The van der Waals surface area contributed by atoms with Gasteiger partial charge in [-0.3, -0.25) is 9.59 Å². The van der Waals surface area contributed by atoms with Crippen LogP contribution in [-0.4, -0.2) is 35.4 Å². The van der Waals surface area contributed by atoms with Gasteiger partial charge in [-0.05, 0) is 49.6 Å². The maximum Gasteiger partial charge on any atom is 0.261 e. The molecular weight excluding hydrogens is 459 g/mol. The number of carbonyl (C=O) groups excluding carboxylic acids is 2. The maximum absolute atomic E-state index is 13.1. The van der Waals surface area contributed by atoms with Crippen LogP contribution in [0.4, 0.5) is 0 Å². The molecule has 1 aliphatic carbocycles. The average Bonchev–Trinajstić information content (AvgIpc) is 3.25. The lowest BCUT2D eigenvalue weighted by Crippen LogP contribution is -2.50. The first kappa shape index (κ1) is 23.7. The molecule has 5 nitrogen and oxygen atoms in total. The lowest BCUT2D eigenvalue weighted by molar-refractivity contribution is -0.142. The fraction of sp³-hybridized carbons (Fsp3) is 0.391. The number of benzene rings is 2. The first-order chi connectivity index (χ1) is 14.8. The van der Waals surface area contributed by atoms with Gasteiger partial charge in [0.15, 0.2) is 6.61 Å². The molecule has 1 fully saturated rings. The Morgan fingerprint density at radius 2 is 1.81 bits per heavy atom. The van der Waals surface area contributed by atoms with E-state index in [1.54, 1.807) is 31.2 Å². The predicted molar refractivity (Wildman–Crippen MR) is 124 cm³/mol. The number of nitrogens with zero attached hydrogens (tertiary/aromatic N) is 1. The lowest BCUT2D eigenvalue weighted by Gasteiger charge is -2.30. The van der Waals surface area contributed by atoms with Crippen LogP contribution < -0.4 is 10.1 Å². The van der Waals surface area contributed by atoms with E-state index in [1.165, 1.54) is 4.90 Å². The maximum atomic E-state index is 13.1. The smallest absolute Gasteiger partial charge is 0.261 e. The number of amides is 2. The highest BCUT2D eigenvalue weighted by atomic mass is 35.5. The van der Waals surface area contributed by atoms with Crippen LogP contribution in [0.3, 0.4) is 0 Å². The second kappa shape index (κ2) is 11.1.